The van der Waals surface area contributed by atoms with E-state index >= 15 is 0 Å². The lowest BCUT2D eigenvalue weighted by Gasteiger charge is -2.06. The SMILES string of the molecule is O=C(N/N=C/c1ccc([O-])c([N+](=O)[O-])c1)c1ccc2c(c1)OCO2. The number of carbonyl (C=O) groups is 1. The van der Waals surface area contributed by atoms with Gasteiger partial charge in [0.15, 0.2) is 11.5 Å². The Kier molecular flexibility index (Phi) is 3.98. The van der Waals surface area contributed by atoms with Crippen molar-refractivity contribution >= 4 is 17.8 Å². The smallest absolute Gasteiger partial charge is 0.271 e. The number of nitrogens with zero attached hydrogens (tertiary/aromatic N) is 2. The molecule has 0 radical (unpaired) electrons. The number of ether oxygens (including phenoxy) is 2. The first-order chi connectivity index (χ1) is 11.5. The van der Waals surface area contributed by atoms with Gasteiger partial charge in [0.2, 0.25) is 6.79 Å². The molecule has 1 aliphatic heterocycles. The Morgan fingerprint density at radius 2 is 2.00 bits per heavy atom. The van der Waals surface area contributed by atoms with E-state index in [0.717, 1.165) is 12.1 Å². The number of rotatable bonds is 4. The molecule has 24 heavy (non-hydrogen) atoms. The molecule has 9 nitrogen and oxygen atoms in total. The first-order valence-electron chi connectivity index (χ1n) is 6.73. The van der Waals surface area contributed by atoms with Crippen molar-refractivity contribution in [1.82, 2.24) is 5.43 Å². The molecular formula is C15H10N3O6-. The highest BCUT2D eigenvalue weighted by Gasteiger charge is 2.15. The number of hydrogen-bond acceptors (Lipinski definition) is 7. The quantitative estimate of drug-likeness (QED) is 0.510. The molecule has 0 aromatic heterocycles. The van der Waals surface area contributed by atoms with Crippen molar-refractivity contribution in [3.63, 3.8) is 0 Å². The largest absolute Gasteiger partial charge is 0.868 e. The van der Waals surface area contributed by atoms with Crippen molar-refractivity contribution in [3.8, 4) is 17.2 Å². The van der Waals surface area contributed by atoms with E-state index in [1.54, 1.807) is 12.1 Å². The molecule has 2 aromatic rings. The molecule has 0 atom stereocenters. The van der Waals surface area contributed by atoms with Crippen LogP contribution in [0.4, 0.5) is 5.69 Å². The highest BCUT2D eigenvalue weighted by molar-refractivity contribution is 5.95. The maximum Gasteiger partial charge on any atom is 0.271 e. The van der Waals surface area contributed by atoms with Crippen LogP contribution in [0, 0.1) is 10.1 Å². The summed E-state index contributed by atoms with van der Waals surface area (Å²) in [5, 5.41) is 25.7. The molecule has 0 saturated carbocycles. The van der Waals surface area contributed by atoms with E-state index in [4.69, 9.17) is 9.47 Å². The third kappa shape index (κ3) is 3.09. The fourth-order valence-corrected chi connectivity index (χ4v) is 2.03. The molecule has 0 saturated heterocycles. The van der Waals surface area contributed by atoms with Gasteiger partial charge in [0, 0.05) is 17.2 Å². The molecule has 9 heteroatoms. The van der Waals surface area contributed by atoms with Gasteiger partial charge in [-0.25, -0.2) is 5.43 Å². The van der Waals surface area contributed by atoms with Gasteiger partial charge in [0.25, 0.3) is 11.6 Å². The van der Waals surface area contributed by atoms with Crippen LogP contribution in [0.15, 0.2) is 41.5 Å². The predicted molar refractivity (Wildman–Crippen MR) is 80.2 cm³/mol. The minimum absolute atomic E-state index is 0.104. The zero-order chi connectivity index (χ0) is 17.1. The second kappa shape index (κ2) is 6.24. The van der Waals surface area contributed by atoms with Crippen LogP contribution in [0.25, 0.3) is 0 Å². The number of hydrazone groups is 1. The molecule has 0 unspecified atom stereocenters. The van der Waals surface area contributed by atoms with Crippen molar-refractivity contribution in [2.45, 2.75) is 0 Å². The van der Waals surface area contributed by atoms with Gasteiger partial charge in [-0.2, -0.15) is 5.10 Å². The molecule has 122 valence electrons. The average molecular weight is 328 g/mol. The van der Waals surface area contributed by atoms with E-state index in [-0.39, 0.29) is 6.79 Å². The van der Waals surface area contributed by atoms with E-state index in [9.17, 15) is 20.0 Å². The van der Waals surface area contributed by atoms with Crippen LogP contribution in [0.5, 0.6) is 17.2 Å². The van der Waals surface area contributed by atoms with E-state index < -0.39 is 22.3 Å². The number of carbonyl (C=O) groups excluding carboxylic acids is 1. The van der Waals surface area contributed by atoms with Gasteiger partial charge in [-0.15, -0.1) is 0 Å². The second-order valence-electron chi connectivity index (χ2n) is 4.75. The summed E-state index contributed by atoms with van der Waals surface area (Å²) in [6.07, 6.45) is 1.21. The van der Waals surface area contributed by atoms with Crippen molar-refractivity contribution in [2.24, 2.45) is 5.10 Å². The first-order valence-corrected chi connectivity index (χ1v) is 6.73. The standard InChI is InChI=1S/C15H11N3O6/c19-12-3-1-9(5-11(12)18(21)22)7-16-17-15(20)10-2-4-13-14(6-10)24-8-23-13/h1-7,19H,8H2,(H,17,20)/p-1/b16-7+. The van der Waals surface area contributed by atoms with E-state index in [0.29, 0.717) is 22.6 Å². The normalized spacial score (nSPS) is 12.3. The van der Waals surface area contributed by atoms with Crippen LogP contribution >= 0.6 is 0 Å². The summed E-state index contributed by atoms with van der Waals surface area (Å²) in [7, 11) is 0. The van der Waals surface area contributed by atoms with Crippen LogP contribution < -0.4 is 20.0 Å². The molecule has 1 heterocycles. The minimum atomic E-state index is -0.773. The van der Waals surface area contributed by atoms with E-state index in [2.05, 4.69) is 10.5 Å². The van der Waals surface area contributed by atoms with Crippen molar-refractivity contribution in [3.05, 3.63) is 57.6 Å². The zero-order valence-electron chi connectivity index (χ0n) is 12.1. The van der Waals surface area contributed by atoms with Crippen LogP contribution in [-0.4, -0.2) is 23.8 Å². The van der Waals surface area contributed by atoms with Gasteiger partial charge in [-0.05, 0) is 23.9 Å². The average Bonchev–Trinajstić information content (AvgIpc) is 3.03. The van der Waals surface area contributed by atoms with Gasteiger partial charge in [0.05, 0.1) is 11.1 Å². The monoisotopic (exact) mass is 328 g/mol. The molecule has 1 N–H and O–H groups in total. The molecule has 3 rings (SSSR count). The lowest BCUT2D eigenvalue weighted by molar-refractivity contribution is -0.398. The molecule has 0 bridgehead atoms. The molecule has 0 fully saturated rings. The van der Waals surface area contributed by atoms with Crippen LogP contribution in [0.2, 0.25) is 0 Å². The van der Waals surface area contributed by atoms with Crippen molar-refractivity contribution in [2.75, 3.05) is 6.79 Å². The second-order valence-corrected chi connectivity index (χ2v) is 4.75. The molecular weight excluding hydrogens is 318 g/mol. The number of benzene rings is 2. The Hall–Kier alpha value is -3.62. The fourth-order valence-electron chi connectivity index (χ4n) is 2.03. The van der Waals surface area contributed by atoms with Crippen molar-refractivity contribution < 1.29 is 24.3 Å². The lowest BCUT2D eigenvalue weighted by atomic mass is 10.2. The lowest BCUT2D eigenvalue weighted by Crippen LogP contribution is -2.17. The van der Waals surface area contributed by atoms with E-state index in [1.807, 2.05) is 0 Å². The number of amides is 1. The third-order valence-corrected chi connectivity index (χ3v) is 3.19. The van der Waals surface area contributed by atoms with Crippen molar-refractivity contribution in [1.29, 1.82) is 0 Å². The summed E-state index contributed by atoms with van der Waals surface area (Å²) in [5.74, 6) is -0.158. The van der Waals surface area contributed by atoms with Crippen LogP contribution in [-0.2, 0) is 0 Å². The minimum Gasteiger partial charge on any atom is -0.868 e. The molecule has 1 amide bonds. The van der Waals surface area contributed by atoms with Crippen LogP contribution in [0.1, 0.15) is 15.9 Å². The van der Waals surface area contributed by atoms with Gasteiger partial charge in [0.1, 0.15) is 0 Å². The fraction of sp³-hybridized carbons (Fsp3) is 0.0667. The molecule has 1 aliphatic rings. The van der Waals surface area contributed by atoms with E-state index in [1.165, 1.54) is 18.3 Å². The summed E-state index contributed by atoms with van der Waals surface area (Å²) in [6, 6.07) is 8.19. The van der Waals surface area contributed by atoms with Gasteiger partial charge in [-0.1, -0.05) is 12.1 Å². The zero-order valence-corrected chi connectivity index (χ0v) is 12.1. The van der Waals surface area contributed by atoms with Gasteiger partial charge in [-0.3, -0.25) is 14.9 Å². The maximum atomic E-state index is 12.0. The Morgan fingerprint density at radius 3 is 2.79 bits per heavy atom. The number of hydrogen-bond donors (Lipinski definition) is 1. The third-order valence-electron chi connectivity index (χ3n) is 3.19. The van der Waals surface area contributed by atoms with Crippen LogP contribution in [0.3, 0.4) is 0 Å². The highest BCUT2D eigenvalue weighted by Crippen LogP contribution is 2.32. The predicted octanol–water partition coefficient (Wildman–Crippen LogP) is 1.16. The molecule has 0 aliphatic carbocycles. The summed E-state index contributed by atoms with van der Waals surface area (Å²) in [4.78, 5) is 21.9. The van der Waals surface area contributed by atoms with Gasteiger partial charge < -0.3 is 14.6 Å². The topological polar surface area (TPSA) is 126 Å². The first kappa shape index (κ1) is 15.3. The Labute approximate surface area is 135 Å². The summed E-state index contributed by atoms with van der Waals surface area (Å²) in [5.41, 5.74) is 2.36. The summed E-state index contributed by atoms with van der Waals surface area (Å²) < 4.78 is 10.3. The Morgan fingerprint density at radius 1 is 1.21 bits per heavy atom. The Bertz CT molecular complexity index is 849. The molecule has 0 spiro atoms. The number of fused-ring (bicyclic) bond motifs is 1. The maximum absolute atomic E-state index is 12.0. The highest BCUT2D eigenvalue weighted by atomic mass is 16.7. The molecule has 2 aromatic carbocycles. The Balaban J connectivity index is 1.69. The number of nitro benzene ring substituents is 1. The number of nitro groups is 1. The summed E-state index contributed by atoms with van der Waals surface area (Å²) >= 11 is 0. The number of nitrogens with one attached hydrogen (secondary N) is 1. The van der Waals surface area contributed by atoms with Gasteiger partial charge >= 0.3 is 0 Å². The summed E-state index contributed by atoms with van der Waals surface area (Å²) in [6.45, 7) is 0.104.